The first kappa shape index (κ1) is 24.5. The molecule has 0 bridgehead atoms. The van der Waals surface area contributed by atoms with Crippen LogP contribution in [0.25, 0.3) is 0 Å². The number of anilines is 2. The van der Waals surface area contributed by atoms with Gasteiger partial charge in [-0.25, -0.2) is 0 Å². The average Bonchev–Trinajstić information content (AvgIpc) is 3.49. The number of carbonyl (C=O) groups is 2. The molecule has 0 unspecified atom stereocenters. The lowest BCUT2D eigenvalue weighted by Gasteiger charge is -2.38. The van der Waals surface area contributed by atoms with Crippen LogP contribution in [0.1, 0.15) is 55.6 Å². The van der Waals surface area contributed by atoms with Crippen molar-refractivity contribution < 1.29 is 14.3 Å². The third-order valence-electron chi connectivity index (χ3n) is 8.29. The summed E-state index contributed by atoms with van der Waals surface area (Å²) < 4.78 is 6.09. The highest BCUT2D eigenvalue weighted by Gasteiger charge is 2.36. The van der Waals surface area contributed by atoms with E-state index >= 15 is 0 Å². The zero-order valence-electron chi connectivity index (χ0n) is 21.8. The molecule has 0 radical (unpaired) electrons. The van der Waals surface area contributed by atoms with Gasteiger partial charge in [0.05, 0.1) is 5.92 Å². The molecule has 1 N–H and O–H groups in total. The Hall–Kier alpha value is -3.80. The zero-order valence-corrected chi connectivity index (χ0v) is 21.8. The van der Waals surface area contributed by atoms with Crippen molar-refractivity contribution >= 4 is 23.2 Å². The predicted molar refractivity (Wildman–Crippen MR) is 150 cm³/mol. The van der Waals surface area contributed by atoms with E-state index in [0.717, 1.165) is 59.4 Å². The van der Waals surface area contributed by atoms with E-state index in [-0.39, 0.29) is 17.7 Å². The van der Waals surface area contributed by atoms with Gasteiger partial charge in [0.25, 0.3) is 0 Å². The Kier molecular flexibility index (Phi) is 7.04. The number of hydrogen-bond donors (Lipinski definition) is 1. The van der Waals surface area contributed by atoms with Crippen LogP contribution < -0.4 is 15.0 Å². The van der Waals surface area contributed by atoms with Crippen molar-refractivity contribution in [1.29, 1.82) is 0 Å². The molecule has 6 rings (SSSR count). The molecule has 2 amide bonds. The molecule has 1 aliphatic carbocycles. The Balaban J connectivity index is 1.06. The minimum Gasteiger partial charge on any atom is -0.457 e. The average molecular weight is 510 g/mol. The van der Waals surface area contributed by atoms with Gasteiger partial charge in [-0.2, -0.15) is 0 Å². The summed E-state index contributed by atoms with van der Waals surface area (Å²) >= 11 is 0. The standard InChI is InChI=1S/C32H35N3O3/c36-30(18-13-23-7-1-2-8-23)33-24-14-16-25(17-15-24)34-19-21-35(22-20-34)32(37)31-26-9-3-5-11-28(26)38-29-12-6-4-10-27(29)31/h3-6,9-12,14-17,23,31H,1-2,7-8,13,18-22H2,(H,33,36). The monoisotopic (exact) mass is 509 g/mol. The maximum atomic E-state index is 13.8. The summed E-state index contributed by atoms with van der Waals surface area (Å²) in [5.41, 5.74) is 3.82. The van der Waals surface area contributed by atoms with Gasteiger partial charge in [0, 0.05) is 55.1 Å². The van der Waals surface area contributed by atoms with Crippen molar-refractivity contribution in [3.8, 4) is 11.5 Å². The largest absolute Gasteiger partial charge is 0.457 e. The van der Waals surface area contributed by atoms with E-state index in [9.17, 15) is 9.59 Å². The van der Waals surface area contributed by atoms with Crippen LogP contribution in [0.5, 0.6) is 11.5 Å². The first-order chi connectivity index (χ1) is 18.7. The van der Waals surface area contributed by atoms with Gasteiger partial charge < -0.3 is 19.9 Å². The molecule has 196 valence electrons. The number of fused-ring (bicyclic) bond motifs is 2. The summed E-state index contributed by atoms with van der Waals surface area (Å²) in [6.45, 7) is 2.87. The molecule has 1 saturated heterocycles. The van der Waals surface area contributed by atoms with E-state index < -0.39 is 0 Å². The van der Waals surface area contributed by atoms with Crippen LogP contribution >= 0.6 is 0 Å². The van der Waals surface area contributed by atoms with Crippen LogP contribution in [-0.2, 0) is 9.59 Å². The molecule has 3 aliphatic rings. The molecule has 1 saturated carbocycles. The number of nitrogens with one attached hydrogen (secondary N) is 1. The van der Waals surface area contributed by atoms with Crippen molar-refractivity contribution in [3.63, 3.8) is 0 Å². The van der Waals surface area contributed by atoms with Crippen molar-refractivity contribution in [2.75, 3.05) is 36.4 Å². The number of ether oxygens (including phenoxy) is 1. The van der Waals surface area contributed by atoms with E-state index in [1.165, 1.54) is 25.7 Å². The maximum Gasteiger partial charge on any atom is 0.234 e. The minimum absolute atomic E-state index is 0.105. The van der Waals surface area contributed by atoms with Gasteiger partial charge in [0.2, 0.25) is 11.8 Å². The van der Waals surface area contributed by atoms with E-state index in [1.54, 1.807) is 0 Å². The van der Waals surface area contributed by atoms with E-state index in [2.05, 4.69) is 22.3 Å². The Morgan fingerprint density at radius 3 is 2.03 bits per heavy atom. The summed E-state index contributed by atoms with van der Waals surface area (Å²) in [5.74, 6) is 2.13. The second kappa shape index (κ2) is 10.9. The molecule has 38 heavy (non-hydrogen) atoms. The van der Waals surface area contributed by atoms with Crippen molar-refractivity contribution in [2.45, 2.75) is 44.4 Å². The van der Waals surface area contributed by atoms with E-state index in [1.807, 2.05) is 65.6 Å². The van der Waals surface area contributed by atoms with Crippen LogP contribution in [0, 0.1) is 5.92 Å². The van der Waals surface area contributed by atoms with Crippen LogP contribution in [-0.4, -0.2) is 42.9 Å². The lowest BCUT2D eigenvalue weighted by atomic mass is 9.86. The zero-order chi connectivity index (χ0) is 25.9. The topological polar surface area (TPSA) is 61.9 Å². The molecule has 2 aliphatic heterocycles. The van der Waals surface area contributed by atoms with Gasteiger partial charge in [-0.05, 0) is 48.7 Å². The molecular formula is C32H35N3O3. The van der Waals surface area contributed by atoms with Gasteiger partial charge in [-0.1, -0.05) is 62.1 Å². The van der Waals surface area contributed by atoms with Gasteiger partial charge in [-0.3, -0.25) is 9.59 Å². The Morgan fingerprint density at radius 1 is 0.789 bits per heavy atom. The van der Waals surface area contributed by atoms with E-state index in [4.69, 9.17) is 4.74 Å². The molecule has 2 heterocycles. The van der Waals surface area contributed by atoms with Crippen molar-refractivity contribution in [1.82, 2.24) is 4.90 Å². The molecule has 3 aromatic carbocycles. The highest BCUT2D eigenvalue weighted by Crippen LogP contribution is 2.44. The highest BCUT2D eigenvalue weighted by molar-refractivity contribution is 5.91. The molecule has 3 aromatic rings. The van der Waals surface area contributed by atoms with Gasteiger partial charge in [0.1, 0.15) is 11.5 Å². The van der Waals surface area contributed by atoms with Crippen molar-refractivity contribution in [3.05, 3.63) is 83.9 Å². The lowest BCUT2D eigenvalue weighted by molar-refractivity contribution is -0.132. The third kappa shape index (κ3) is 5.13. The molecule has 0 spiro atoms. The fourth-order valence-corrected chi connectivity index (χ4v) is 6.16. The number of benzene rings is 3. The second-order valence-electron chi connectivity index (χ2n) is 10.7. The molecule has 2 fully saturated rings. The Labute approximate surface area is 224 Å². The Morgan fingerprint density at radius 2 is 1.39 bits per heavy atom. The summed E-state index contributed by atoms with van der Waals surface area (Å²) in [7, 11) is 0. The molecule has 0 atom stereocenters. The summed E-state index contributed by atoms with van der Waals surface area (Å²) in [5, 5.41) is 3.05. The summed E-state index contributed by atoms with van der Waals surface area (Å²) in [4.78, 5) is 30.5. The highest BCUT2D eigenvalue weighted by atomic mass is 16.5. The molecular weight excluding hydrogens is 474 g/mol. The molecule has 6 nitrogen and oxygen atoms in total. The summed E-state index contributed by atoms with van der Waals surface area (Å²) in [6, 6.07) is 23.8. The van der Waals surface area contributed by atoms with Crippen molar-refractivity contribution in [2.24, 2.45) is 5.92 Å². The normalized spacial score (nSPS) is 17.5. The number of carbonyl (C=O) groups excluding carboxylic acids is 2. The first-order valence-corrected chi connectivity index (χ1v) is 13.9. The first-order valence-electron chi connectivity index (χ1n) is 13.9. The number of rotatable bonds is 6. The molecule has 0 aromatic heterocycles. The third-order valence-corrected chi connectivity index (χ3v) is 8.29. The van der Waals surface area contributed by atoms with Gasteiger partial charge in [0.15, 0.2) is 0 Å². The Bertz CT molecular complexity index is 1250. The summed E-state index contributed by atoms with van der Waals surface area (Å²) in [6.07, 6.45) is 6.77. The predicted octanol–water partition coefficient (Wildman–Crippen LogP) is 6.18. The van der Waals surface area contributed by atoms with Crippen LogP contribution in [0.4, 0.5) is 11.4 Å². The second-order valence-corrected chi connectivity index (χ2v) is 10.7. The smallest absolute Gasteiger partial charge is 0.234 e. The van der Waals surface area contributed by atoms with E-state index in [0.29, 0.717) is 19.5 Å². The lowest BCUT2D eigenvalue weighted by Crippen LogP contribution is -2.50. The van der Waals surface area contributed by atoms with Gasteiger partial charge >= 0.3 is 0 Å². The van der Waals surface area contributed by atoms with Crippen LogP contribution in [0.3, 0.4) is 0 Å². The van der Waals surface area contributed by atoms with Crippen LogP contribution in [0.2, 0.25) is 0 Å². The molecule has 6 heteroatoms. The number of amides is 2. The number of para-hydroxylation sites is 2. The fraction of sp³-hybridized carbons (Fsp3) is 0.375. The SMILES string of the molecule is O=C(CCC1CCCC1)Nc1ccc(N2CCN(C(=O)C3c4ccccc4Oc4ccccc43)CC2)cc1. The quantitative estimate of drug-likeness (QED) is 0.431. The number of piperazine rings is 1. The van der Waals surface area contributed by atoms with Gasteiger partial charge in [-0.15, -0.1) is 0 Å². The fourth-order valence-electron chi connectivity index (χ4n) is 6.16. The minimum atomic E-state index is -0.348. The van der Waals surface area contributed by atoms with Crippen LogP contribution in [0.15, 0.2) is 72.8 Å². The maximum absolute atomic E-state index is 13.8. The number of nitrogens with zero attached hydrogens (tertiary/aromatic N) is 2. The number of hydrogen-bond acceptors (Lipinski definition) is 4.